The van der Waals surface area contributed by atoms with Crippen molar-refractivity contribution in [2.75, 3.05) is 5.32 Å². The number of aryl methyl sites for hydroxylation is 1. The minimum absolute atomic E-state index is 0.233. The third-order valence-electron chi connectivity index (χ3n) is 2.56. The van der Waals surface area contributed by atoms with Gasteiger partial charge in [0.1, 0.15) is 5.69 Å². The quantitative estimate of drug-likeness (QED) is 0.946. The largest absolute Gasteiger partial charge is 0.443 e. The Bertz CT molecular complexity index is 721. The normalized spacial score (nSPS) is 11.4. The van der Waals surface area contributed by atoms with E-state index in [9.17, 15) is 22.8 Å². The summed E-state index contributed by atoms with van der Waals surface area (Å²) < 4.78 is 38.6. The van der Waals surface area contributed by atoms with Gasteiger partial charge >= 0.3 is 6.18 Å². The first kappa shape index (κ1) is 15.2. The lowest BCUT2D eigenvalue weighted by molar-refractivity contribution is -0.137. The fourth-order valence-corrected chi connectivity index (χ4v) is 2.22. The highest BCUT2D eigenvalue weighted by Crippen LogP contribution is 2.31. The molecule has 0 spiro atoms. The average Bonchev–Trinajstić information content (AvgIpc) is 2.90. The van der Waals surface area contributed by atoms with Gasteiger partial charge in [0.2, 0.25) is 0 Å². The molecule has 0 bridgehead atoms. The Morgan fingerprint density at radius 3 is 2.71 bits per heavy atom. The summed E-state index contributed by atoms with van der Waals surface area (Å²) in [4.78, 5) is 26.5. The third kappa shape index (κ3) is 3.48. The van der Waals surface area contributed by atoms with Crippen LogP contribution in [-0.4, -0.2) is 15.5 Å². The Balaban J connectivity index is 2.18. The molecule has 0 aliphatic rings. The van der Waals surface area contributed by atoms with E-state index in [1.165, 1.54) is 22.9 Å². The topological polar surface area (TPSA) is 64.0 Å². The maximum absolute atomic E-state index is 12.4. The van der Waals surface area contributed by atoms with Crippen molar-refractivity contribution in [2.45, 2.75) is 19.6 Å². The Hall–Kier alpha value is -2.16. The molecule has 9 heteroatoms. The first-order valence-corrected chi connectivity index (χ1v) is 6.74. The molecule has 21 heavy (non-hydrogen) atoms. The van der Waals surface area contributed by atoms with Crippen molar-refractivity contribution in [3.8, 4) is 0 Å². The number of halogens is 3. The van der Waals surface area contributed by atoms with Crippen molar-refractivity contribution in [1.82, 2.24) is 9.55 Å². The number of carbonyl (C=O) groups is 1. The number of anilines is 1. The smallest absolute Gasteiger partial charge is 0.319 e. The molecule has 0 radical (unpaired) electrons. The molecule has 0 aromatic carbocycles. The van der Waals surface area contributed by atoms with Crippen LogP contribution in [0.1, 0.15) is 22.4 Å². The Kier molecular flexibility index (Phi) is 4.12. The molecular formula is C12H10F3N3O2S. The van der Waals surface area contributed by atoms with Crippen LogP contribution in [0.3, 0.4) is 0 Å². The van der Waals surface area contributed by atoms with Gasteiger partial charge < -0.3 is 9.88 Å². The Labute approximate surface area is 121 Å². The fourth-order valence-electron chi connectivity index (χ4n) is 1.56. The second kappa shape index (κ2) is 5.68. The lowest BCUT2D eigenvalue weighted by atomic mass is 10.3. The van der Waals surface area contributed by atoms with Gasteiger partial charge in [0.15, 0.2) is 5.01 Å². The van der Waals surface area contributed by atoms with E-state index in [0.29, 0.717) is 23.6 Å². The number of hydrogen-bond acceptors (Lipinski definition) is 4. The molecule has 0 aliphatic carbocycles. The third-order valence-corrected chi connectivity index (χ3v) is 3.45. The summed E-state index contributed by atoms with van der Waals surface area (Å²) >= 11 is 0.353. The Morgan fingerprint density at radius 2 is 2.14 bits per heavy atom. The van der Waals surface area contributed by atoms with Crippen LogP contribution in [-0.2, 0) is 12.7 Å². The minimum Gasteiger partial charge on any atom is -0.319 e. The van der Waals surface area contributed by atoms with Crippen molar-refractivity contribution in [2.24, 2.45) is 0 Å². The number of pyridine rings is 1. The molecule has 2 rings (SSSR count). The molecule has 1 N–H and O–H groups in total. The molecule has 0 aliphatic heterocycles. The van der Waals surface area contributed by atoms with E-state index >= 15 is 0 Å². The highest BCUT2D eigenvalue weighted by molar-refractivity contribution is 7.10. The van der Waals surface area contributed by atoms with Crippen LogP contribution in [0.5, 0.6) is 0 Å². The molecule has 112 valence electrons. The molecule has 0 saturated heterocycles. The van der Waals surface area contributed by atoms with Crippen molar-refractivity contribution in [3.05, 3.63) is 44.8 Å². The van der Waals surface area contributed by atoms with Crippen LogP contribution in [0.2, 0.25) is 0 Å². The van der Waals surface area contributed by atoms with Gasteiger partial charge in [-0.25, -0.2) is 4.98 Å². The standard InChI is InChI=1S/C12H10F3N3O2S/c1-2-18-5-7(3-4-9(18)19)16-10(20)8-6-21-11(17-8)12(13,14)15/h3-6H,2H2,1H3,(H,16,20). The summed E-state index contributed by atoms with van der Waals surface area (Å²) in [6.07, 6.45) is -3.16. The van der Waals surface area contributed by atoms with Crippen LogP contribution in [0.25, 0.3) is 0 Å². The number of hydrogen-bond donors (Lipinski definition) is 1. The second-order valence-electron chi connectivity index (χ2n) is 4.03. The summed E-state index contributed by atoms with van der Waals surface area (Å²) in [5.74, 6) is -0.761. The maximum atomic E-state index is 12.4. The van der Waals surface area contributed by atoms with E-state index < -0.39 is 17.1 Å². The van der Waals surface area contributed by atoms with Crippen molar-refractivity contribution < 1.29 is 18.0 Å². The highest BCUT2D eigenvalue weighted by Gasteiger charge is 2.35. The first-order chi connectivity index (χ1) is 9.81. The van der Waals surface area contributed by atoms with Gasteiger partial charge in [-0.3, -0.25) is 9.59 Å². The van der Waals surface area contributed by atoms with E-state index in [4.69, 9.17) is 0 Å². The average molecular weight is 317 g/mol. The van der Waals surface area contributed by atoms with E-state index in [2.05, 4.69) is 10.3 Å². The number of thiazole rings is 1. The minimum atomic E-state index is -4.57. The zero-order valence-corrected chi connectivity index (χ0v) is 11.6. The number of amides is 1. The molecule has 0 saturated carbocycles. The molecule has 0 atom stereocenters. The van der Waals surface area contributed by atoms with Crippen molar-refractivity contribution in [3.63, 3.8) is 0 Å². The number of rotatable bonds is 3. The predicted molar refractivity (Wildman–Crippen MR) is 71.4 cm³/mol. The second-order valence-corrected chi connectivity index (χ2v) is 4.89. The van der Waals surface area contributed by atoms with Crippen LogP contribution in [0.4, 0.5) is 18.9 Å². The van der Waals surface area contributed by atoms with Gasteiger partial charge in [-0.05, 0) is 13.0 Å². The van der Waals surface area contributed by atoms with Gasteiger partial charge in [0.25, 0.3) is 11.5 Å². The van der Waals surface area contributed by atoms with E-state index in [1.54, 1.807) is 6.92 Å². The van der Waals surface area contributed by atoms with Gasteiger partial charge in [0.05, 0.1) is 5.69 Å². The lowest BCUT2D eigenvalue weighted by Gasteiger charge is -2.06. The van der Waals surface area contributed by atoms with E-state index in [0.717, 1.165) is 5.38 Å². The van der Waals surface area contributed by atoms with E-state index in [-0.39, 0.29) is 11.3 Å². The van der Waals surface area contributed by atoms with E-state index in [1.807, 2.05) is 0 Å². The number of nitrogens with zero attached hydrogens (tertiary/aromatic N) is 2. The van der Waals surface area contributed by atoms with Gasteiger partial charge in [-0.2, -0.15) is 13.2 Å². The molecule has 5 nitrogen and oxygen atoms in total. The summed E-state index contributed by atoms with van der Waals surface area (Å²) in [6, 6.07) is 2.64. The van der Waals surface area contributed by atoms with Crippen molar-refractivity contribution >= 4 is 22.9 Å². The molecule has 0 unspecified atom stereocenters. The van der Waals surface area contributed by atoms with Crippen LogP contribution in [0.15, 0.2) is 28.5 Å². The SMILES string of the molecule is CCn1cc(NC(=O)c2csc(C(F)(F)F)n2)ccc1=O. The zero-order valence-electron chi connectivity index (χ0n) is 10.8. The number of aromatic nitrogens is 2. The van der Waals surface area contributed by atoms with Crippen LogP contribution < -0.4 is 10.9 Å². The molecule has 2 aromatic heterocycles. The molecule has 2 heterocycles. The Morgan fingerprint density at radius 1 is 1.43 bits per heavy atom. The number of carbonyl (C=O) groups excluding carboxylic acids is 1. The lowest BCUT2D eigenvalue weighted by Crippen LogP contribution is -2.20. The van der Waals surface area contributed by atoms with Gasteiger partial charge in [-0.1, -0.05) is 0 Å². The fraction of sp³-hybridized carbons (Fsp3) is 0.250. The summed E-state index contributed by atoms with van der Waals surface area (Å²) in [5, 5.41) is 2.36. The number of alkyl halides is 3. The highest BCUT2D eigenvalue weighted by atomic mass is 32.1. The zero-order chi connectivity index (χ0) is 15.6. The summed E-state index contributed by atoms with van der Waals surface area (Å²) in [5.41, 5.74) is -0.243. The van der Waals surface area contributed by atoms with Gasteiger partial charge in [0, 0.05) is 24.2 Å². The first-order valence-electron chi connectivity index (χ1n) is 5.86. The summed E-state index contributed by atoms with van der Waals surface area (Å²) in [6.45, 7) is 2.17. The summed E-state index contributed by atoms with van der Waals surface area (Å²) in [7, 11) is 0. The van der Waals surface area contributed by atoms with Gasteiger partial charge in [-0.15, -0.1) is 11.3 Å². The predicted octanol–water partition coefficient (Wildman–Crippen LogP) is 2.60. The van der Waals surface area contributed by atoms with Crippen LogP contribution >= 0.6 is 11.3 Å². The maximum Gasteiger partial charge on any atom is 0.443 e. The van der Waals surface area contributed by atoms with Crippen molar-refractivity contribution in [1.29, 1.82) is 0 Å². The molecule has 0 fully saturated rings. The molecule has 2 aromatic rings. The molecule has 1 amide bonds. The number of nitrogens with one attached hydrogen (secondary N) is 1. The monoisotopic (exact) mass is 317 g/mol. The van der Waals surface area contributed by atoms with Crippen LogP contribution in [0, 0.1) is 0 Å². The molecular weight excluding hydrogens is 307 g/mol.